The van der Waals surface area contributed by atoms with Crippen LogP contribution in [0.3, 0.4) is 0 Å². The van der Waals surface area contributed by atoms with Gasteiger partial charge in [0.15, 0.2) is 0 Å². The molecule has 5 rings (SSSR count). The molecule has 0 radical (unpaired) electrons. The third-order valence-corrected chi connectivity index (χ3v) is 6.66. The summed E-state index contributed by atoms with van der Waals surface area (Å²) in [6.45, 7) is 14.9. The first-order chi connectivity index (χ1) is 18.3. The van der Waals surface area contributed by atoms with Gasteiger partial charge in [-0.3, -0.25) is 0 Å². The first kappa shape index (κ1) is 24.3. The Morgan fingerprint density at radius 3 is 1.45 bits per heavy atom. The highest BCUT2D eigenvalue weighted by Gasteiger charge is 2.36. The predicted molar refractivity (Wildman–Crippen MR) is 129 cm³/mol. The third-order valence-electron chi connectivity index (χ3n) is 6.66. The predicted octanol–water partition coefficient (Wildman–Crippen LogP) is 5.15. The van der Waals surface area contributed by atoms with Crippen LogP contribution in [-0.2, 0) is 12.8 Å². The van der Waals surface area contributed by atoms with Crippen molar-refractivity contribution in [1.82, 2.24) is 0 Å². The molecule has 38 heavy (non-hydrogen) atoms. The Morgan fingerprint density at radius 1 is 0.658 bits per heavy atom. The maximum absolute atomic E-state index is 16.4. The average molecular weight is 504 g/mol. The molecular weight excluding hydrogens is 492 g/mol. The Morgan fingerprint density at radius 2 is 1.05 bits per heavy atom. The van der Waals surface area contributed by atoms with E-state index in [1.165, 1.54) is 24.3 Å². The second-order valence-corrected chi connectivity index (χ2v) is 8.56. The fraction of sp³-hybridized carbons (Fsp3) is 0.0667. The lowest BCUT2D eigenvalue weighted by Crippen LogP contribution is -2.27. The van der Waals surface area contributed by atoms with E-state index >= 15 is 8.78 Å². The molecular formula is C30H12F4N4. The van der Waals surface area contributed by atoms with Gasteiger partial charge in [-0.05, 0) is 52.1 Å². The number of hydrogen-bond donors (Lipinski definition) is 0. The Balaban J connectivity index is 1.99. The minimum Gasteiger partial charge on any atom is -0.207 e. The number of fused-ring (bicyclic) bond motifs is 2. The largest absolute Gasteiger partial charge is 0.523 e. The van der Waals surface area contributed by atoms with E-state index in [4.69, 9.17) is 13.1 Å². The Hall–Kier alpha value is -5.44. The van der Waals surface area contributed by atoms with Crippen molar-refractivity contribution < 1.29 is 17.6 Å². The molecule has 0 atom stereocenters. The van der Waals surface area contributed by atoms with Crippen molar-refractivity contribution in [3.63, 3.8) is 0 Å². The standard InChI is InChI=1S/C30H12F4N4/c1-37-30(38-2)23-12-22-27(25(23)16-5-9-19(32)10-6-16)28(33)21-11-20(17(13-35)14-36)24(26(21)29(22)34)15-3-7-18(31)8-4-15/h3-10H,11-12H2. The molecule has 0 N–H and O–H groups in total. The molecule has 0 saturated carbocycles. The average Bonchev–Trinajstić information content (AvgIpc) is 3.51. The van der Waals surface area contributed by atoms with E-state index in [2.05, 4.69) is 9.69 Å². The Kier molecular flexibility index (Phi) is 5.88. The lowest BCUT2D eigenvalue weighted by Gasteiger charge is -2.07. The molecule has 8 heteroatoms. The number of halogens is 4. The van der Waals surface area contributed by atoms with Crippen LogP contribution in [-0.4, -0.2) is 0 Å². The van der Waals surface area contributed by atoms with Crippen LogP contribution in [0.15, 0.2) is 71.1 Å². The van der Waals surface area contributed by atoms with Gasteiger partial charge in [-0.15, -0.1) is 0 Å². The molecule has 0 amide bonds. The number of rotatable bonds is 2. The zero-order chi connectivity index (χ0) is 27.1. The van der Waals surface area contributed by atoms with Gasteiger partial charge >= 0.3 is 5.82 Å². The lowest BCUT2D eigenvalue weighted by molar-refractivity contribution is 0.567. The van der Waals surface area contributed by atoms with E-state index in [1.54, 1.807) is 12.1 Å². The molecule has 2 aliphatic carbocycles. The van der Waals surface area contributed by atoms with Crippen LogP contribution in [0.2, 0.25) is 0 Å². The second kappa shape index (κ2) is 9.21. The van der Waals surface area contributed by atoms with Crippen LogP contribution in [0.5, 0.6) is 0 Å². The molecule has 4 nitrogen and oxygen atoms in total. The molecule has 0 bridgehead atoms. The summed E-state index contributed by atoms with van der Waals surface area (Å²) in [6.07, 6.45) is -0.542. The molecule has 180 valence electrons. The fourth-order valence-electron chi connectivity index (χ4n) is 5.07. The topological polar surface area (TPSA) is 56.3 Å². The summed E-state index contributed by atoms with van der Waals surface area (Å²) in [5, 5.41) is 18.8. The summed E-state index contributed by atoms with van der Waals surface area (Å²) in [5.74, 6) is -3.13. The monoisotopic (exact) mass is 504 g/mol. The minimum absolute atomic E-state index is 0.100. The van der Waals surface area contributed by atoms with E-state index in [9.17, 15) is 19.3 Å². The summed E-state index contributed by atoms with van der Waals surface area (Å²) in [4.78, 5) is 6.49. The van der Waals surface area contributed by atoms with Gasteiger partial charge in [-0.2, -0.15) is 20.2 Å². The fourth-order valence-corrected chi connectivity index (χ4v) is 5.07. The summed E-state index contributed by atoms with van der Waals surface area (Å²) in [7, 11) is 0. The van der Waals surface area contributed by atoms with Gasteiger partial charge in [0.05, 0.1) is 5.57 Å². The molecule has 0 fully saturated rings. The van der Waals surface area contributed by atoms with Crippen molar-refractivity contribution in [3.05, 3.63) is 150 Å². The van der Waals surface area contributed by atoms with E-state index in [0.717, 1.165) is 24.3 Å². The number of nitrogens with zero attached hydrogens (tertiary/aromatic N) is 4. The molecule has 2 aliphatic rings. The van der Waals surface area contributed by atoms with Crippen LogP contribution in [0.1, 0.15) is 22.3 Å². The summed E-state index contributed by atoms with van der Waals surface area (Å²) >= 11 is 0. The number of nitriles is 2. The summed E-state index contributed by atoms with van der Waals surface area (Å²) in [5.41, 5.74) is 0.508. The van der Waals surface area contributed by atoms with E-state index in [-0.39, 0.29) is 68.1 Å². The van der Waals surface area contributed by atoms with Gasteiger partial charge < -0.3 is 0 Å². The summed E-state index contributed by atoms with van der Waals surface area (Å²) in [6, 6.07) is 13.5. The highest BCUT2D eigenvalue weighted by atomic mass is 19.1. The molecule has 0 aliphatic heterocycles. The van der Waals surface area contributed by atoms with Crippen molar-refractivity contribution in [3.8, 4) is 12.1 Å². The van der Waals surface area contributed by atoms with E-state index in [0.29, 0.717) is 11.1 Å². The van der Waals surface area contributed by atoms with Crippen molar-refractivity contribution in [2.24, 2.45) is 0 Å². The number of hydrogen-bond acceptors (Lipinski definition) is 2. The van der Waals surface area contributed by atoms with Crippen molar-refractivity contribution >= 4 is 11.1 Å². The van der Waals surface area contributed by atoms with Crippen LogP contribution >= 0.6 is 0 Å². The van der Waals surface area contributed by atoms with Gasteiger partial charge in [0.2, 0.25) is 0 Å². The zero-order valence-electron chi connectivity index (χ0n) is 19.3. The van der Waals surface area contributed by atoms with Gasteiger partial charge in [-0.1, -0.05) is 24.3 Å². The van der Waals surface area contributed by atoms with Gasteiger partial charge in [0.1, 0.15) is 54.1 Å². The molecule has 0 saturated heterocycles. The number of benzene rings is 3. The third kappa shape index (κ3) is 3.56. The normalized spacial score (nSPS) is 13.3. The molecule has 3 aromatic rings. The van der Waals surface area contributed by atoms with Crippen molar-refractivity contribution in [2.45, 2.75) is 12.8 Å². The second-order valence-electron chi connectivity index (χ2n) is 8.56. The van der Waals surface area contributed by atoms with Crippen LogP contribution in [0, 0.1) is 59.1 Å². The lowest BCUT2D eigenvalue weighted by atomic mass is 9.95. The highest BCUT2D eigenvalue weighted by Crippen LogP contribution is 2.37. The van der Waals surface area contributed by atoms with E-state index in [1.807, 2.05) is 0 Å². The van der Waals surface area contributed by atoms with Gasteiger partial charge in [0, 0.05) is 34.4 Å². The SMILES string of the molecule is [C-]#[N+]C([N+]#[C-])=C1Cc2c(F)c3c(c(F)c2=C1c1ccc(F)cc1)CC(=C(C#N)C#N)C=3c1ccc(F)cc1. The highest BCUT2D eigenvalue weighted by molar-refractivity contribution is 5.88. The molecule has 3 aromatic carbocycles. The van der Waals surface area contributed by atoms with Crippen molar-refractivity contribution in [1.29, 1.82) is 10.5 Å². The van der Waals surface area contributed by atoms with Gasteiger partial charge in [-0.25, -0.2) is 17.6 Å². The molecule has 0 aromatic heterocycles. The zero-order valence-corrected chi connectivity index (χ0v) is 19.3. The van der Waals surface area contributed by atoms with Crippen LogP contribution < -0.4 is 10.4 Å². The first-order valence-electron chi connectivity index (χ1n) is 11.2. The first-order valence-corrected chi connectivity index (χ1v) is 11.2. The number of allylic oxidation sites excluding steroid dienone is 3. The minimum atomic E-state index is -0.829. The van der Waals surface area contributed by atoms with Crippen molar-refractivity contribution in [2.75, 3.05) is 0 Å². The van der Waals surface area contributed by atoms with Gasteiger partial charge in [0.25, 0.3) is 0 Å². The Labute approximate surface area is 214 Å². The Bertz CT molecular complexity index is 1750. The maximum atomic E-state index is 16.4. The molecule has 0 spiro atoms. The van der Waals surface area contributed by atoms with E-state index < -0.39 is 23.3 Å². The molecule has 0 unspecified atom stereocenters. The van der Waals surface area contributed by atoms with Crippen LogP contribution in [0.25, 0.3) is 20.8 Å². The molecule has 0 heterocycles. The maximum Gasteiger partial charge on any atom is 0.523 e. The quantitative estimate of drug-likeness (QED) is 0.276. The van der Waals surface area contributed by atoms with Crippen LogP contribution in [0.4, 0.5) is 17.6 Å². The summed E-state index contributed by atoms with van der Waals surface area (Å²) < 4.78 is 60.1. The smallest absolute Gasteiger partial charge is 0.207 e.